The average molecular weight is 268 g/mol. The van der Waals surface area contributed by atoms with Crippen LogP contribution in [0, 0.1) is 27.7 Å². The number of carbonyl (C=O) groups excluding carboxylic acids is 1. The average Bonchev–Trinajstić information content (AvgIpc) is 2.80. The molecule has 0 fully saturated rings. The number of aldehydes is 1. The van der Waals surface area contributed by atoms with Gasteiger partial charge in [-0.15, -0.1) is 6.58 Å². The van der Waals surface area contributed by atoms with E-state index in [4.69, 9.17) is 0 Å². The zero-order valence-electron chi connectivity index (χ0n) is 12.5. The van der Waals surface area contributed by atoms with Gasteiger partial charge in [-0.1, -0.05) is 12.1 Å². The van der Waals surface area contributed by atoms with Gasteiger partial charge < -0.3 is 0 Å². The van der Waals surface area contributed by atoms with E-state index in [0.29, 0.717) is 12.2 Å². The van der Waals surface area contributed by atoms with Gasteiger partial charge in [0.2, 0.25) is 0 Å². The maximum atomic E-state index is 11.2. The molecule has 1 aromatic heterocycles. The van der Waals surface area contributed by atoms with Gasteiger partial charge in [0.1, 0.15) is 5.69 Å². The van der Waals surface area contributed by atoms with Crippen LogP contribution in [0.15, 0.2) is 24.8 Å². The summed E-state index contributed by atoms with van der Waals surface area (Å²) in [6, 6.07) is 4.04. The lowest BCUT2D eigenvalue weighted by Gasteiger charge is -2.13. The highest BCUT2D eigenvalue weighted by Gasteiger charge is 2.15. The first kappa shape index (κ1) is 14.3. The van der Waals surface area contributed by atoms with Crippen LogP contribution in [0.3, 0.4) is 0 Å². The molecule has 0 spiro atoms. The molecule has 3 nitrogen and oxygen atoms in total. The van der Waals surface area contributed by atoms with Crippen LogP contribution in [0.4, 0.5) is 0 Å². The van der Waals surface area contributed by atoms with Crippen molar-refractivity contribution in [2.45, 2.75) is 34.2 Å². The highest BCUT2D eigenvalue weighted by Crippen LogP contribution is 2.31. The number of hydrogen-bond donors (Lipinski definition) is 0. The largest absolute Gasteiger partial charge is 0.296 e. The molecule has 0 atom stereocenters. The molecule has 0 saturated heterocycles. The lowest BCUT2D eigenvalue weighted by Crippen LogP contribution is -2.02. The summed E-state index contributed by atoms with van der Waals surface area (Å²) in [5.74, 6) is 0. The topological polar surface area (TPSA) is 34.9 Å². The predicted molar refractivity (Wildman–Crippen MR) is 82.2 cm³/mol. The maximum Gasteiger partial charge on any atom is 0.168 e. The molecule has 2 rings (SSSR count). The van der Waals surface area contributed by atoms with Crippen LogP contribution in [-0.4, -0.2) is 16.1 Å². The fourth-order valence-corrected chi connectivity index (χ4v) is 2.52. The van der Waals surface area contributed by atoms with Gasteiger partial charge in [-0.3, -0.25) is 9.48 Å². The van der Waals surface area contributed by atoms with Crippen molar-refractivity contribution < 1.29 is 4.79 Å². The molecule has 104 valence electrons. The number of aromatic nitrogens is 2. The van der Waals surface area contributed by atoms with Crippen LogP contribution < -0.4 is 0 Å². The van der Waals surface area contributed by atoms with Crippen molar-refractivity contribution in [1.29, 1.82) is 0 Å². The van der Waals surface area contributed by atoms with Crippen LogP contribution in [0.25, 0.3) is 11.3 Å². The van der Waals surface area contributed by atoms with Gasteiger partial charge >= 0.3 is 0 Å². The Bertz CT molecular complexity index is 655. The fraction of sp³-hybridized carbons (Fsp3) is 0.294. The van der Waals surface area contributed by atoms with Gasteiger partial charge in [0.05, 0.1) is 12.2 Å². The molecule has 0 radical (unpaired) electrons. The smallest absolute Gasteiger partial charge is 0.168 e. The normalized spacial score (nSPS) is 10.6. The van der Waals surface area contributed by atoms with Crippen molar-refractivity contribution in [2.24, 2.45) is 0 Å². The van der Waals surface area contributed by atoms with Gasteiger partial charge in [0.25, 0.3) is 0 Å². The molecule has 1 aromatic carbocycles. The van der Waals surface area contributed by atoms with Crippen LogP contribution >= 0.6 is 0 Å². The van der Waals surface area contributed by atoms with E-state index in [1.165, 1.54) is 22.3 Å². The molecule has 0 aliphatic heterocycles. The summed E-state index contributed by atoms with van der Waals surface area (Å²) < 4.78 is 1.69. The van der Waals surface area contributed by atoms with Crippen molar-refractivity contribution in [3.8, 4) is 11.3 Å². The lowest BCUT2D eigenvalue weighted by molar-refractivity contribution is 0.111. The monoisotopic (exact) mass is 268 g/mol. The molecule has 2 aromatic rings. The number of rotatable bonds is 4. The molecule has 3 heteroatoms. The Morgan fingerprint density at radius 1 is 1.15 bits per heavy atom. The first-order valence-electron chi connectivity index (χ1n) is 6.71. The van der Waals surface area contributed by atoms with Gasteiger partial charge in [-0.05, 0) is 56.0 Å². The molecule has 20 heavy (non-hydrogen) atoms. The number of carbonyl (C=O) groups is 1. The zero-order valence-corrected chi connectivity index (χ0v) is 12.5. The van der Waals surface area contributed by atoms with E-state index in [-0.39, 0.29) is 0 Å². The molecule has 0 bridgehead atoms. The number of allylic oxidation sites excluding steroid dienone is 1. The van der Waals surface area contributed by atoms with Crippen molar-refractivity contribution in [3.63, 3.8) is 0 Å². The summed E-state index contributed by atoms with van der Waals surface area (Å²) in [6.45, 7) is 12.6. The summed E-state index contributed by atoms with van der Waals surface area (Å²) in [7, 11) is 0. The second-order valence-corrected chi connectivity index (χ2v) is 5.18. The summed E-state index contributed by atoms with van der Waals surface area (Å²) >= 11 is 0. The second kappa shape index (κ2) is 5.45. The first-order valence-corrected chi connectivity index (χ1v) is 6.71. The summed E-state index contributed by atoms with van der Waals surface area (Å²) in [5.41, 5.74) is 7.49. The minimum Gasteiger partial charge on any atom is -0.296 e. The van der Waals surface area contributed by atoms with E-state index in [1.54, 1.807) is 10.8 Å². The number of hydrogen-bond acceptors (Lipinski definition) is 2. The summed E-state index contributed by atoms with van der Waals surface area (Å²) in [4.78, 5) is 11.2. The molecule has 0 aliphatic carbocycles. The third-order valence-corrected chi connectivity index (χ3v) is 3.86. The molecule has 0 unspecified atom stereocenters. The molecular formula is C17H20N2O. The lowest BCUT2D eigenvalue weighted by atomic mass is 9.92. The van der Waals surface area contributed by atoms with Crippen molar-refractivity contribution in [2.75, 3.05) is 0 Å². The zero-order chi connectivity index (χ0) is 14.9. The van der Waals surface area contributed by atoms with E-state index in [2.05, 4.69) is 45.4 Å². The minimum atomic E-state index is 0.539. The molecule has 0 N–H and O–H groups in total. The minimum absolute atomic E-state index is 0.539. The molecule has 0 saturated carbocycles. The number of nitrogens with zero attached hydrogens (tertiary/aromatic N) is 2. The maximum absolute atomic E-state index is 11.2. The van der Waals surface area contributed by atoms with Crippen molar-refractivity contribution in [1.82, 2.24) is 9.78 Å². The van der Waals surface area contributed by atoms with E-state index in [0.717, 1.165) is 17.5 Å². The quantitative estimate of drug-likeness (QED) is 0.624. The molecule has 0 aliphatic rings. The molecule has 0 amide bonds. The Balaban J connectivity index is 2.68. The van der Waals surface area contributed by atoms with Crippen LogP contribution in [0.5, 0.6) is 0 Å². The Morgan fingerprint density at radius 3 is 2.25 bits per heavy atom. The SMILES string of the molecule is C=CCn1nc(-c2c(C)c(C)cc(C)c2C)cc1C=O. The second-order valence-electron chi connectivity index (χ2n) is 5.18. The van der Waals surface area contributed by atoms with Crippen molar-refractivity contribution in [3.05, 3.63) is 52.7 Å². The number of benzene rings is 1. The Hall–Kier alpha value is -2.16. The highest BCUT2D eigenvalue weighted by molar-refractivity contribution is 5.78. The van der Waals surface area contributed by atoms with Crippen LogP contribution in [0.2, 0.25) is 0 Å². The van der Waals surface area contributed by atoms with E-state index in [1.807, 2.05) is 6.07 Å². The van der Waals surface area contributed by atoms with E-state index < -0.39 is 0 Å². The predicted octanol–water partition coefficient (Wildman–Crippen LogP) is 3.78. The Morgan fingerprint density at radius 2 is 1.75 bits per heavy atom. The van der Waals surface area contributed by atoms with E-state index >= 15 is 0 Å². The standard InChI is InChI=1S/C17H20N2O/c1-6-7-19-15(10-20)9-16(18-19)17-13(4)11(2)8-12(3)14(17)5/h6,8-10H,1,7H2,2-5H3. The van der Waals surface area contributed by atoms with Crippen molar-refractivity contribution >= 4 is 6.29 Å². The highest BCUT2D eigenvalue weighted by atomic mass is 16.1. The van der Waals surface area contributed by atoms with Crippen LogP contribution in [-0.2, 0) is 6.54 Å². The third kappa shape index (κ3) is 2.31. The van der Waals surface area contributed by atoms with Gasteiger partial charge in [0, 0.05) is 5.56 Å². The summed E-state index contributed by atoms with van der Waals surface area (Å²) in [6.07, 6.45) is 2.58. The van der Waals surface area contributed by atoms with Gasteiger partial charge in [0.15, 0.2) is 6.29 Å². The molecular weight excluding hydrogens is 248 g/mol. The summed E-state index contributed by atoms with van der Waals surface area (Å²) in [5, 5.41) is 4.56. The third-order valence-electron chi connectivity index (χ3n) is 3.86. The van der Waals surface area contributed by atoms with Gasteiger partial charge in [-0.2, -0.15) is 5.10 Å². The molecule has 1 heterocycles. The first-order chi connectivity index (χ1) is 9.49. The Labute approximate surface area is 119 Å². The van der Waals surface area contributed by atoms with Gasteiger partial charge in [-0.25, -0.2) is 0 Å². The van der Waals surface area contributed by atoms with E-state index in [9.17, 15) is 4.79 Å². The fourth-order valence-electron chi connectivity index (χ4n) is 2.52. The van der Waals surface area contributed by atoms with Crippen LogP contribution in [0.1, 0.15) is 32.7 Å². The number of aryl methyl sites for hydroxylation is 2. The Kier molecular flexibility index (Phi) is 3.89.